The molecule has 0 amide bonds. The number of fused-ring (bicyclic) bond motifs is 2. The monoisotopic (exact) mass is 640 g/mol. The summed E-state index contributed by atoms with van der Waals surface area (Å²) in [5, 5.41) is 12.1. The highest BCUT2D eigenvalue weighted by molar-refractivity contribution is 6.74. The normalized spacial score (nSPS) is 26.8. The molecule has 43 heavy (non-hydrogen) atoms. The van der Waals surface area contributed by atoms with E-state index in [-0.39, 0.29) is 29.3 Å². The van der Waals surface area contributed by atoms with Gasteiger partial charge in [-0.3, -0.25) is 4.79 Å². The van der Waals surface area contributed by atoms with Crippen molar-refractivity contribution in [3.05, 3.63) is 23.3 Å². The average Bonchev–Trinajstić information content (AvgIpc) is 3.23. The second-order valence-corrected chi connectivity index (χ2v) is 25.5. The second kappa shape index (κ2) is 12.0. The number of benzene rings is 1. The minimum absolute atomic E-state index is 0.0988. The Hall–Kier alpha value is -1.48. The Kier molecular flexibility index (Phi) is 10.1. The van der Waals surface area contributed by atoms with Gasteiger partial charge in [0.1, 0.15) is 42.5 Å². The molecular weight excluding hydrogens is 585 g/mol. The fourth-order valence-electron chi connectivity index (χ4n) is 4.80. The smallest absolute Gasteiger partial charge is 0.311 e. The van der Waals surface area contributed by atoms with Gasteiger partial charge in [-0.25, -0.2) is 0 Å². The van der Waals surface area contributed by atoms with E-state index >= 15 is 0 Å². The highest BCUT2D eigenvalue weighted by Gasteiger charge is 2.63. The molecule has 0 radical (unpaired) electrons. The third-order valence-electron chi connectivity index (χ3n) is 9.59. The van der Waals surface area contributed by atoms with Gasteiger partial charge in [0.15, 0.2) is 16.6 Å². The van der Waals surface area contributed by atoms with Crippen LogP contribution in [0.5, 0.6) is 11.5 Å². The van der Waals surface area contributed by atoms with Crippen molar-refractivity contribution in [1.82, 2.24) is 0 Å². The van der Waals surface area contributed by atoms with E-state index in [2.05, 4.69) is 67.7 Å². The molecule has 1 N–H and O–H groups in total. The Morgan fingerprint density at radius 1 is 0.907 bits per heavy atom. The van der Waals surface area contributed by atoms with E-state index in [1.807, 2.05) is 26.8 Å². The van der Waals surface area contributed by atoms with Crippen molar-refractivity contribution in [3.63, 3.8) is 0 Å². The van der Waals surface area contributed by atoms with Crippen LogP contribution in [0.25, 0.3) is 0 Å². The fraction of sp³-hybridized carbons (Fsp3) is 0.781. The zero-order chi connectivity index (χ0) is 33.0. The Morgan fingerprint density at radius 2 is 1.44 bits per heavy atom. The summed E-state index contributed by atoms with van der Waals surface area (Å²) in [4.78, 5) is 13.0. The molecule has 11 heteroatoms. The van der Waals surface area contributed by atoms with Crippen molar-refractivity contribution in [2.75, 3.05) is 20.8 Å². The second-order valence-electron chi connectivity index (χ2n) is 16.0. The van der Waals surface area contributed by atoms with Crippen LogP contribution in [-0.4, -0.2) is 73.0 Å². The molecule has 0 bridgehead atoms. The van der Waals surface area contributed by atoms with Crippen LogP contribution in [0.4, 0.5) is 0 Å². The summed E-state index contributed by atoms with van der Waals surface area (Å²) in [6.45, 7) is 27.0. The predicted molar refractivity (Wildman–Crippen MR) is 171 cm³/mol. The summed E-state index contributed by atoms with van der Waals surface area (Å²) in [5.74, 6) is -0.942. The van der Waals surface area contributed by atoms with Gasteiger partial charge in [-0.15, -0.1) is 0 Å². The molecule has 2 heterocycles. The van der Waals surface area contributed by atoms with Crippen molar-refractivity contribution in [2.24, 2.45) is 5.41 Å². The van der Waals surface area contributed by atoms with Crippen LogP contribution in [0.3, 0.4) is 0 Å². The van der Waals surface area contributed by atoms with Crippen molar-refractivity contribution >= 4 is 22.6 Å². The van der Waals surface area contributed by atoms with Gasteiger partial charge in [0, 0.05) is 6.07 Å². The first-order chi connectivity index (χ1) is 19.4. The van der Waals surface area contributed by atoms with E-state index in [4.69, 9.17) is 32.5 Å². The van der Waals surface area contributed by atoms with Crippen LogP contribution in [0.15, 0.2) is 12.1 Å². The van der Waals surface area contributed by atoms with Crippen molar-refractivity contribution in [2.45, 2.75) is 135 Å². The number of methoxy groups -OCH3 is 2. The molecule has 1 saturated heterocycles. The van der Waals surface area contributed by atoms with E-state index < -0.39 is 52.3 Å². The molecule has 3 rings (SSSR count). The zero-order valence-electron chi connectivity index (χ0n) is 29.1. The first-order valence-electron chi connectivity index (χ1n) is 15.2. The summed E-state index contributed by atoms with van der Waals surface area (Å²) >= 11 is 0. The molecule has 1 spiro atoms. The summed E-state index contributed by atoms with van der Waals surface area (Å²) in [7, 11) is -1.79. The van der Waals surface area contributed by atoms with Crippen LogP contribution in [0.2, 0.25) is 36.3 Å². The number of aliphatic hydroxyl groups excluding tert-OH is 1. The third-order valence-corrected chi connectivity index (χ3v) is 18.5. The average molecular weight is 641 g/mol. The number of carbonyl (C=O) groups excluding carboxylic acids is 1. The zero-order valence-corrected chi connectivity index (χ0v) is 31.1. The molecule has 0 aromatic heterocycles. The Balaban J connectivity index is 2.24. The number of aliphatic hydroxyl groups is 1. The summed E-state index contributed by atoms with van der Waals surface area (Å²) in [6.07, 6.45) is -3.67. The quantitative estimate of drug-likeness (QED) is 0.251. The third kappa shape index (κ3) is 7.03. The van der Waals surface area contributed by atoms with Gasteiger partial charge in [-0.05, 0) is 68.7 Å². The lowest BCUT2D eigenvalue weighted by Gasteiger charge is -2.54. The van der Waals surface area contributed by atoms with Gasteiger partial charge in [0.25, 0.3) is 0 Å². The van der Waals surface area contributed by atoms with Crippen molar-refractivity contribution < 1.29 is 42.4 Å². The highest BCUT2D eigenvalue weighted by atomic mass is 28.4. The molecule has 2 aliphatic rings. The molecule has 1 fully saturated rings. The number of rotatable bonds is 8. The summed E-state index contributed by atoms with van der Waals surface area (Å²) in [6, 6.07) is 3.61. The van der Waals surface area contributed by atoms with E-state index in [0.29, 0.717) is 17.1 Å². The molecule has 0 aliphatic carbocycles. The number of esters is 1. The first kappa shape index (κ1) is 36.0. The summed E-state index contributed by atoms with van der Waals surface area (Å²) < 4.78 is 44.6. The standard InChI is InChI=1S/C32H56O9Si2/c1-29(2,3)28(34)37-19-23-25(40-42(12,13)30(4,5)6)26(41-43(14,15)31(7,8)9)27(33)32(39-23)24-20(18-38-32)16-21(35-10)17-22(24)36-11/h16-17,23,25-27,33H,18-19H2,1-15H3/t23-,25-,26+,27+,32+/m1/s1. The number of hydrogen-bond donors (Lipinski definition) is 1. The molecule has 1 aromatic rings. The van der Waals surface area contributed by atoms with Crippen LogP contribution >= 0.6 is 0 Å². The maximum Gasteiger partial charge on any atom is 0.311 e. The fourth-order valence-corrected chi connectivity index (χ4v) is 7.41. The minimum Gasteiger partial charge on any atom is -0.497 e. The van der Waals surface area contributed by atoms with Gasteiger partial charge in [-0.1, -0.05) is 41.5 Å². The van der Waals surface area contributed by atoms with Crippen LogP contribution in [0.1, 0.15) is 73.4 Å². The number of hydrogen-bond acceptors (Lipinski definition) is 9. The van der Waals surface area contributed by atoms with E-state index in [0.717, 1.165) is 5.56 Å². The van der Waals surface area contributed by atoms with Gasteiger partial charge >= 0.3 is 5.97 Å². The highest BCUT2D eigenvalue weighted by Crippen LogP contribution is 2.53. The predicted octanol–water partition coefficient (Wildman–Crippen LogP) is 6.52. The minimum atomic E-state index is -2.49. The van der Waals surface area contributed by atoms with Crippen LogP contribution in [-0.2, 0) is 40.3 Å². The Morgan fingerprint density at radius 3 is 1.91 bits per heavy atom. The Bertz CT molecular complexity index is 1160. The van der Waals surface area contributed by atoms with Crippen molar-refractivity contribution in [1.29, 1.82) is 0 Å². The van der Waals surface area contributed by atoms with Crippen molar-refractivity contribution in [3.8, 4) is 11.5 Å². The lowest BCUT2D eigenvalue weighted by molar-refractivity contribution is -0.365. The largest absolute Gasteiger partial charge is 0.497 e. The SMILES string of the molecule is COc1cc2c(c(OC)c1)[C@]1(OC2)O[C@H](COC(=O)C(C)(C)C)[C@@H](O[Si](C)(C)C(C)(C)C)[C@H](O[Si](C)(C)C(C)(C)C)[C@@H]1O. The maximum absolute atomic E-state index is 13.0. The molecule has 9 nitrogen and oxygen atoms in total. The number of carbonyl (C=O) groups is 1. The maximum atomic E-state index is 13.0. The van der Waals surface area contributed by atoms with E-state index in [9.17, 15) is 9.90 Å². The molecule has 0 saturated carbocycles. The molecule has 2 aliphatic heterocycles. The molecule has 246 valence electrons. The molecular formula is C32H56O9Si2. The molecule has 0 unspecified atom stereocenters. The first-order valence-corrected chi connectivity index (χ1v) is 21.0. The lowest BCUT2D eigenvalue weighted by Crippen LogP contribution is -2.69. The van der Waals surface area contributed by atoms with Gasteiger partial charge < -0.3 is 37.6 Å². The lowest BCUT2D eigenvalue weighted by atomic mass is 9.87. The van der Waals surface area contributed by atoms with Gasteiger partial charge in [-0.2, -0.15) is 0 Å². The van der Waals surface area contributed by atoms with E-state index in [1.54, 1.807) is 20.3 Å². The topological polar surface area (TPSA) is 102 Å². The molecule has 1 aromatic carbocycles. The van der Waals surface area contributed by atoms with Crippen LogP contribution < -0.4 is 9.47 Å². The van der Waals surface area contributed by atoms with Crippen LogP contribution in [0, 0.1) is 5.41 Å². The summed E-state index contributed by atoms with van der Waals surface area (Å²) in [5.41, 5.74) is 0.634. The van der Waals surface area contributed by atoms with Gasteiger partial charge in [0.05, 0.1) is 31.8 Å². The Labute approximate surface area is 261 Å². The van der Waals surface area contributed by atoms with Gasteiger partial charge in [0.2, 0.25) is 5.79 Å². The van der Waals surface area contributed by atoms with E-state index in [1.165, 1.54) is 0 Å². The molecule has 5 atom stereocenters. The number of ether oxygens (including phenoxy) is 5.